The predicted octanol–water partition coefficient (Wildman–Crippen LogP) is 2.26. The van der Waals surface area contributed by atoms with Crippen LogP contribution in [0.25, 0.3) is 0 Å². The molecule has 0 amide bonds. The molecule has 0 aliphatic heterocycles. The zero-order valence-electron chi connectivity index (χ0n) is 7.04. The summed E-state index contributed by atoms with van der Waals surface area (Å²) >= 11 is 0. The van der Waals surface area contributed by atoms with Gasteiger partial charge in [0.1, 0.15) is 0 Å². The number of halogens is 3. The van der Waals surface area contributed by atoms with E-state index in [4.69, 9.17) is 10.7 Å². The van der Waals surface area contributed by atoms with E-state index in [1.807, 2.05) is 0 Å². The van der Waals surface area contributed by atoms with E-state index in [2.05, 4.69) is 4.98 Å². The number of alkyl halides is 2. The lowest BCUT2D eigenvalue weighted by Gasteiger charge is -2.04. The van der Waals surface area contributed by atoms with Crippen molar-refractivity contribution in [2.45, 2.75) is 18.4 Å². The Morgan fingerprint density at radius 2 is 2.00 bits per heavy atom. The predicted molar refractivity (Wildman–Crippen MR) is 47.0 cm³/mol. The second kappa shape index (κ2) is 3.78. The third kappa shape index (κ3) is 2.39. The largest absolute Gasteiger partial charge is 0.278 e. The van der Waals surface area contributed by atoms with Crippen molar-refractivity contribution in [3.63, 3.8) is 0 Å². The first-order valence-electron chi connectivity index (χ1n) is 3.52. The Labute approximate surface area is 84.1 Å². The molecule has 14 heavy (non-hydrogen) atoms. The first kappa shape index (κ1) is 11.3. The van der Waals surface area contributed by atoms with Gasteiger partial charge in [-0.3, -0.25) is 0 Å². The molecule has 1 aromatic heterocycles. The van der Waals surface area contributed by atoms with Crippen molar-refractivity contribution in [2.75, 3.05) is 0 Å². The minimum absolute atomic E-state index is 0.0401. The maximum atomic E-state index is 12.2. The highest BCUT2D eigenvalue weighted by Crippen LogP contribution is 2.23. The summed E-state index contributed by atoms with van der Waals surface area (Å²) in [7, 11) is 1.03. The molecule has 0 aliphatic rings. The van der Waals surface area contributed by atoms with Crippen molar-refractivity contribution in [3.8, 4) is 0 Å². The van der Waals surface area contributed by atoms with Gasteiger partial charge in [-0.15, -0.1) is 0 Å². The fourth-order valence-electron chi connectivity index (χ4n) is 0.915. The van der Waals surface area contributed by atoms with Gasteiger partial charge in [-0.1, -0.05) is 0 Å². The smallest absolute Gasteiger partial charge is 0.240 e. The molecule has 1 aromatic rings. The average Bonchev–Trinajstić information content (AvgIpc) is 2.01. The van der Waals surface area contributed by atoms with Crippen LogP contribution in [-0.2, 0) is 9.05 Å². The highest BCUT2D eigenvalue weighted by molar-refractivity contribution is 8.13. The van der Waals surface area contributed by atoms with Gasteiger partial charge in [0.2, 0.25) is 0 Å². The number of aromatic nitrogens is 1. The summed E-state index contributed by atoms with van der Waals surface area (Å²) < 4.78 is 46.0. The molecule has 0 saturated heterocycles. The number of aryl methyl sites for hydroxylation is 1. The summed E-state index contributed by atoms with van der Waals surface area (Å²) in [5, 5.41) is -0.416. The van der Waals surface area contributed by atoms with Crippen LogP contribution in [0.4, 0.5) is 8.78 Å². The van der Waals surface area contributed by atoms with Crippen LogP contribution in [0.3, 0.4) is 0 Å². The molecular weight excluding hydrogens is 236 g/mol. The van der Waals surface area contributed by atoms with E-state index < -0.39 is 20.5 Å². The van der Waals surface area contributed by atoms with Gasteiger partial charge in [0.15, 0.2) is 5.03 Å². The van der Waals surface area contributed by atoms with E-state index in [1.54, 1.807) is 0 Å². The van der Waals surface area contributed by atoms with Crippen LogP contribution >= 0.6 is 10.7 Å². The zero-order valence-corrected chi connectivity index (χ0v) is 8.61. The fourth-order valence-corrected chi connectivity index (χ4v) is 1.65. The number of pyridine rings is 1. The van der Waals surface area contributed by atoms with Gasteiger partial charge in [0, 0.05) is 21.9 Å². The molecule has 1 rings (SSSR count). The van der Waals surface area contributed by atoms with E-state index >= 15 is 0 Å². The fraction of sp³-hybridized carbons (Fsp3) is 0.286. The molecule has 1 heterocycles. The van der Waals surface area contributed by atoms with Crippen LogP contribution in [0.15, 0.2) is 17.2 Å². The minimum Gasteiger partial charge on any atom is -0.240 e. The van der Waals surface area contributed by atoms with Crippen LogP contribution < -0.4 is 0 Å². The highest BCUT2D eigenvalue weighted by atomic mass is 35.7. The van der Waals surface area contributed by atoms with Gasteiger partial charge in [0.05, 0.1) is 0 Å². The Morgan fingerprint density at radius 3 is 2.36 bits per heavy atom. The van der Waals surface area contributed by atoms with E-state index in [1.165, 1.54) is 6.92 Å². The molecule has 7 heteroatoms. The molecule has 0 bridgehead atoms. The SMILES string of the molecule is Cc1nc(S(=O)(=O)Cl)ccc1C(F)F. The van der Waals surface area contributed by atoms with E-state index in [-0.39, 0.29) is 11.3 Å². The number of hydrogen-bond acceptors (Lipinski definition) is 3. The molecule has 0 aromatic carbocycles. The summed E-state index contributed by atoms with van der Waals surface area (Å²) in [5.41, 5.74) is -0.337. The van der Waals surface area contributed by atoms with Crippen molar-refractivity contribution in [1.29, 1.82) is 0 Å². The summed E-state index contributed by atoms with van der Waals surface area (Å²) in [5.74, 6) is 0. The third-order valence-electron chi connectivity index (χ3n) is 1.59. The number of rotatable bonds is 2. The molecule has 0 fully saturated rings. The Balaban J connectivity index is 3.27. The van der Waals surface area contributed by atoms with Gasteiger partial charge in [-0.25, -0.2) is 22.2 Å². The quantitative estimate of drug-likeness (QED) is 0.746. The standard InChI is InChI=1S/C7H6ClF2NO2S/c1-4-5(7(9)10)2-3-6(11-4)14(8,12)13/h2-3,7H,1H3. The lowest BCUT2D eigenvalue weighted by Crippen LogP contribution is -2.00. The van der Waals surface area contributed by atoms with Crippen LogP contribution in [0.1, 0.15) is 17.7 Å². The first-order valence-corrected chi connectivity index (χ1v) is 5.83. The Morgan fingerprint density at radius 1 is 1.43 bits per heavy atom. The first-order chi connectivity index (χ1) is 6.32. The van der Waals surface area contributed by atoms with Crippen LogP contribution in [0.5, 0.6) is 0 Å². The van der Waals surface area contributed by atoms with Crippen LogP contribution in [0, 0.1) is 6.92 Å². The highest BCUT2D eigenvalue weighted by Gasteiger charge is 2.16. The van der Waals surface area contributed by atoms with Crippen LogP contribution in [0.2, 0.25) is 0 Å². The van der Waals surface area contributed by atoms with E-state index in [0.29, 0.717) is 0 Å². The summed E-state index contributed by atoms with van der Waals surface area (Å²) in [4.78, 5) is 3.47. The van der Waals surface area contributed by atoms with Crippen LogP contribution in [-0.4, -0.2) is 13.4 Å². The van der Waals surface area contributed by atoms with Gasteiger partial charge in [-0.05, 0) is 19.1 Å². The van der Waals surface area contributed by atoms with Crippen molar-refractivity contribution in [1.82, 2.24) is 4.98 Å². The Bertz CT molecular complexity index is 447. The topological polar surface area (TPSA) is 47.0 Å². The summed E-state index contributed by atoms with van der Waals surface area (Å²) in [6, 6.07) is 1.96. The van der Waals surface area contributed by atoms with Crippen molar-refractivity contribution < 1.29 is 17.2 Å². The summed E-state index contributed by atoms with van der Waals surface area (Å²) in [6.07, 6.45) is -2.67. The molecule has 0 spiro atoms. The maximum absolute atomic E-state index is 12.2. The van der Waals surface area contributed by atoms with Gasteiger partial charge < -0.3 is 0 Å². The lowest BCUT2D eigenvalue weighted by atomic mass is 10.2. The molecule has 0 N–H and O–H groups in total. The van der Waals surface area contributed by atoms with E-state index in [0.717, 1.165) is 12.1 Å². The molecule has 0 aliphatic carbocycles. The molecule has 0 unspecified atom stereocenters. The zero-order chi connectivity index (χ0) is 10.9. The Hall–Kier alpha value is -0.750. The van der Waals surface area contributed by atoms with Gasteiger partial charge in [0.25, 0.3) is 15.5 Å². The molecule has 78 valence electrons. The molecule has 0 radical (unpaired) electrons. The monoisotopic (exact) mass is 241 g/mol. The van der Waals surface area contributed by atoms with Crippen molar-refractivity contribution >= 4 is 19.7 Å². The molecular formula is C7H6ClF2NO2S. The molecule has 0 saturated carbocycles. The van der Waals surface area contributed by atoms with E-state index in [9.17, 15) is 17.2 Å². The van der Waals surface area contributed by atoms with Crippen molar-refractivity contribution in [3.05, 3.63) is 23.4 Å². The van der Waals surface area contributed by atoms with Gasteiger partial charge in [-0.2, -0.15) is 0 Å². The molecule has 0 atom stereocenters. The third-order valence-corrected chi connectivity index (χ3v) is 2.79. The minimum atomic E-state index is -3.95. The number of nitrogens with zero attached hydrogens (tertiary/aromatic N) is 1. The average molecular weight is 242 g/mol. The summed E-state index contributed by atoms with van der Waals surface area (Å²) in [6.45, 7) is 1.30. The number of hydrogen-bond donors (Lipinski definition) is 0. The Kier molecular flexibility index (Phi) is 3.06. The maximum Gasteiger partial charge on any atom is 0.278 e. The van der Waals surface area contributed by atoms with Crippen molar-refractivity contribution in [2.24, 2.45) is 0 Å². The lowest BCUT2D eigenvalue weighted by molar-refractivity contribution is 0.150. The normalized spacial score (nSPS) is 12.1. The second-order valence-corrected chi connectivity index (χ2v) is 5.08. The molecule has 3 nitrogen and oxygen atoms in total. The second-order valence-electron chi connectivity index (χ2n) is 2.56. The van der Waals surface area contributed by atoms with Gasteiger partial charge >= 0.3 is 0 Å².